The summed E-state index contributed by atoms with van der Waals surface area (Å²) < 4.78 is 29.8. The van der Waals surface area contributed by atoms with E-state index in [4.69, 9.17) is 27.9 Å². The van der Waals surface area contributed by atoms with Crippen molar-refractivity contribution in [2.75, 3.05) is 32.4 Å². The number of aliphatic hydroxyl groups excluding tert-OH is 1. The lowest BCUT2D eigenvalue weighted by atomic mass is 10.1. The zero-order chi connectivity index (χ0) is 27.6. The van der Waals surface area contributed by atoms with E-state index in [1.165, 1.54) is 24.4 Å². The zero-order valence-electron chi connectivity index (χ0n) is 21.0. The van der Waals surface area contributed by atoms with Crippen LogP contribution < -0.4 is 15.6 Å². The number of fused-ring (bicyclic) bond motifs is 1. The molecule has 3 aromatic rings. The summed E-state index contributed by atoms with van der Waals surface area (Å²) in [6.45, 7) is 3.66. The van der Waals surface area contributed by atoms with E-state index in [-0.39, 0.29) is 28.5 Å². The number of pyridine rings is 1. The zero-order valence-corrected chi connectivity index (χ0v) is 23.3. The molecule has 3 N–H and O–H groups in total. The number of β-amino-alcohol motifs (C(OH)–C–C–N with tert-alkyl or cyclic N) is 1. The average molecular weight is 583 g/mol. The smallest absolute Gasteiger partial charge is 0.255 e. The second-order valence-corrected chi connectivity index (χ2v) is 12.3. The van der Waals surface area contributed by atoms with Crippen molar-refractivity contribution >= 4 is 49.7 Å². The van der Waals surface area contributed by atoms with Gasteiger partial charge in [0.05, 0.1) is 21.6 Å². The fourth-order valence-electron chi connectivity index (χ4n) is 4.44. The summed E-state index contributed by atoms with van der Waals surface area (Å²) >= 11 is 12.5. The van der Waals surface area contributed by atoms with Crippen molar-refractivity contribution in [2.45, 2.75) is 36.9 Å². The molecule has 204 valence electrons. The van der Waals surface area contributed by atoms with E-state index in [1.807, 2.05) is 6.92 Å². The van der Waals surface area contributed by atoms with Crippen LogP contribution in [0.4, 0.5) is 0 Å². The molecule has 0 spiro atoms. The molecule has 0 unspecified atom stereocenters. The van der Waals surface area contributed by atoms with E-state index in [9.17, 15) is 23.1 Å². The van der Waals surface area contributed by atoms with Crippen LogP contribution in [0.15, 0.2) is 46.2 Å². The largest absolute Gasteiger partial charge is 0.489 e. The highest BCUT2D eigenvalue weighted by atomic mass is 35.5. The topological polar surface area (TPSA) is 129 Å². The Hall–Kier alpha value is -2.63. The Bertz CT molecular complexity index is 1520. The standard InChI is InChI=1S/C26H29Cl2N3O6S/c1-15-22(27)5-6-23(24(15)28)37-17-7-9-31(10-8-17)14-16(32)12-29-26(34)21-13-30-25(33)20-11-18(38(2,35)36)3-4-19(20)21/h3-6,11,13,16-17,32H,7-10,12,14H2,1-2H3,(H,29,34)(H,30,33)/t16-/m1/s1. The van der Waals surface area contributed by atoms with Crippen LogP contribution in [0.25, 0.3) is 10.8 Å². The maximum atomic E-state index is 12.8. The number of ether oxygens (including phenoxy) is 1. The number of hydrogen-bond acceptors (Lipinski definition) is 7. The van der Waals surface area contributed by atoms with Crippen molar-refractivity contribution in [3.63, 3.8) is 0 Å². The molecule has 1 atom stereocenters. The number of halogens is 2. The van der Waals surface area contributed by atoms with Gasteiger partial charge in [-0.25, -0.2) is 8.42 Å². The normalized spacial score (nSPS) is 15.9. The SMILES string of the molecule is Cc1c(Cl)ccc(OC2CCN(C[C@H](O)CNC(=O)c3c[nH]c(=O)c4cc(S(C)(=O)=O)ccc34)CC2)c1Cl. The minimum absolute atomic E-state index is 0.00194. The van der Waals surface area contributed by atoms with Crippen molar-refractivity contribution < 1.29 is 23.1 Å². The summed E-state index contributed by atoms with van der Waals surface area (Å²) in [5.41, 5.74) is 0.464. The first-order valence-corrected chi connectivity index (χ1v) is 14.7. The number of aliphatic hydroxyl groups is 1. The molecule has 1 aromatic heterocycles. The molecule has 38 heavy (non-hydrogen) atoms. The number of nitrogens with one attached hydrogen (secondary N) is 2. The third kappa shape index (κ3) is 6.50. The Morgan fingerprint density at radius 1 is 1.21 bits per heavy atom. The fraction of sp³-hybridized carbons (Fsp3) is 0.385. The van der Waals surface area contributed by atoms with Crippen molar-refractivity contribution in [1.29, 1.82) is 0 Å². The van der Waals surface area contributed by atoms with E-state index in [0.717, 1.165) is 24.7 Å². The van der Waals surface area contributed by atoms with Gasteiger partial charge >= 0.3 is 0 Å². The third-order valence-electron chi connectivity index (χ3n) is 6.63. The molecule has 12 heteroatoms. The number of aromatic amines is 1. The van der Waals surface area contributed by atoms with Crippen molar-refractivity contribution in [3.05, 3.63) is 68.1 Å². The molecule has 1 amide bonds. The highest BCUT2D eigenvalue weighted by Crippen LogP contribution is 2.34. The number of rotatable bonds is 8. The molecule has 4 rings (SSSR count). The van der Waals surface area contributed by atoms with Gasteiger partial charge in [-0.15, -0.1) is 0 Å². The van der Waals surface area contributed by atoms with Gasteiger partial charge < -0.3 is 25.0 Å². The predicted octanol–water partition coefficient (Wildman–Crippen LogP) is 3.18. The van der Waals surface area contributed by atoms with Gasteiger partial charge in [0.2, 0.25) is 0 Å². The first kappa shape index (κ1) is 28.4. The molecular weight excluding hydrogens is 553 g/mol. The van der Waals surface area contributed by atoms with E-state index >= 15 is 0 Å². The highest BCUT2D eigenvalue weighted by molar-refractivity contribution is 7.90. The number of piperidine rings is 1. The predicted molar refractivity (Wildman–Crippen MR) is 147 cm³/mol. The van der Waals surface area contributed by atoms with E-state index < -0.39 is 27.4 Å². The number of H-pyrrole nitrogens is 1. The summed E-state index contributed by atoms with van der Waals surface area (Å²) in [6, 6.07) is 7.59. The second kappa shape index (κ2) is 11.6. The molecule has 1 fully saturated rings. The highest BCUT2D eigenvalue weighted by Gasteiger charge is 2.24. The number of nitrogens with zero attached hydrogens (tertiary/aromatic N) is 1. The van der Waals surface area contributed by atoms with Crippen LogP contribution in [0, 0.1) is 6.92 Å². The minimum Gasteiger partial charge on any atom is -0.489 e. The molecule has 2 aromatic carbocycles. The van der Waals surface area contributed by atoms with E-state index in [0.29, 0.717) is 40.8 Å². The van der Waals surface area contributed by atoms with Gasteiger partial charge in [0.15, 0.2) is 9.84 Å². The summed E-state index contributed by atoms with van der Waals surface area (Å²) in [5, 5.41) is 14.8. The number of carbonyl (C=O) groups is 1. The molecule has 0 aliphatic carbocycles. The van der Waals surface area contributed by atoms with Crippen LogP contribution >= 0.6 is 23.2 Å². The van der Waals surface area contributed by atoms with Gasteiger partial charge in [-0.1, -0.05) is 29.3 Å². The lowest BCUT2D eigenvalue weighted by molar-refractivity contribution is 0.0594. The Morgan fingerprint density at radius 2 is 1.92 bits per heavy atom. The van der Waals surface area contributed by atoms with Gasteiger partial charge in [0.1, 0.15) is 11.9 Å². The van der Waals surface area contributed by atoms with Gasteiger partial charge in [0, 0.05) is 54.4 Å². The van der Waals surface area contributed by atoms with Gasteiger partial charge in [-0.3, -0.25) is 9.59 Å². The number of amides is 1. The fourth-order valence-corrected chi connectivity index (χ4v) is 5.51. The van der Waals surface area contributed by atoms with E-state index in [1.54, 1.807) is 12.1 Å². The Labute approximate surface area is 230 Å². The molecule has 0 bridgehead atoms. The quantitative estimate of drug-likeness (QED) is 0.372. The average Bonchev–Trinajstić information content (AvgIpc) is 2.88. The van der Waals surface area contributed by atoms with Gasteiger partial charge in [-0.2, -0.15) is 0 Å². The monoisotopic (exact) mass is 581 g/mol. The minimum atomic E-state index is -3.51. The lowest BCUT2D eigenvalue weighted by Gasteiger charge is -2.33. The van der Waals surface area contributed by atoms with Gasteiger partial charge in [0.25, 0.3) is 11.5 Å². The Kier molecular flexibility index (Phi) is 8.68. The van der Waals surface area contributed by atoms with Crippen LogP contribution in [0.1, 0.15) is 28.8 Å². The molecule has 1 aliphatic rings. The molecule has 0 radical (unpaired) electrons. The van der Waals surface area contributed by atoms with Crippen LogP contribution in [0.2, 0.25) is 10.0 Å². The number of aromatic nitrogens is 1. The maximum Gasteiger partial charge on any atom is 0.255 e. The third-order valence-corrected chi connectivity index (χ3v) is 8.62. The maximum absolute atomic E-state index is 12.8. The number of likely N-dealkylation sites (tertiary alicyclic amines) is 1. The van der Waals surface area contributed by atoms with Crippen LogP contribution in [0.3, 0.4) is 0 Å². The first-order chi connectivity index (χ1) is 17.9. The molecule has 1 aliphatic heterocycles. The van der Waals surface area contributed by atoms with Crippen LogP contribution in [-0.2, 0) is 9.84 Å². The number of hydrogen-bond donors (Lipinski definition) is 3. The number of benzene rings is 2. The summed E-state index contributed by atoms with van der Waals surface area (Å²) in [6.07, 6.45) is 3.04. The lowest BCUT2D eigenvalue weighted by Crippen LogP contribution is -2.45. The molecule has 9 nitrogen and oxygen atoms in total. The molecular formula is C26H29Cl2N3O6S. The van der Waals surface area contributed by atoms with Crippen LogP contribution in [-0.4, -0.2) is 74.0 Å². The first-order valence-electron chi connectivity index (χ1n) is 12.1. The summed E-state index contributed by atoms with van der Waals surface area (Å²) in [4.78, 5) is 29.6. The second-order valence-electron chi connectivity index (χ2n) is 9.48. The summed E-state index contributed by atoms with van der Waals surface area (Å²) in [5.74, 6) is 0.122. The number of sulfone groups is 1. The van der Waals surface area contributed by atoms with Crippen molar-refractivity contribution in [2.24, 2.45) is 0 Å². The van der Waals surface area contributed by atoms with Crippen LogP contribution in [0.5, 0.6) is 5.75 Å². The Balaban J connectivity index is 1.30. The molecule has 2 heterocycles. The van der Waals surface area contributed by atoms with Crippen molar-refractivity contribution in [3.8, 4) is 5.75 Å². The van der Waals surface area contributed by atoms with E-state index in [2.05, 4.69) is 15.2 Å². The van der Waals surface area contributed by atoms with Gasteiger partial charge in [-0.05, 0) is 49.6 Å². The van der Waals surface area contributed by atoms with Crippen molar-refractivity contribution in [1.82, 2.24) is 15.2 Å². The number of carbonyl (C=O) groups excluding carboxylic acids is 1. The Morgan fingerprint density at radius 3 is 2.61 bits per heavy atom. The molecule has 1 saturated heterocycles. The summed E-state index contributed by atoms with van der Waals surface area (Å²) in [7, 11) is -3.51. The molecule has 0 saturated carbocycles.